The zero-order valence-electron chi connectivity index (χ0n) is 10.9. The first-order valence-electron chi connectivity index (χ1n) is 5.91. The van der Waals surface area contributed by atoms with Crippen LogP contribution >= 0.6 is 0 Å². The molecule has 4 nitrogen and oxygen atoms in total. The average Bonchev–Trinajstić information content (AvgIpc) is 2.42. The van der Waals surface area contributed by atoms with E-state index >= 15 is 0 Å². The van der Waals surface area contributed by atoms with Crippen molar-refractivity contribution in [1.29, 1.82) is 0 Å². The van der Waals surface area contributed by atoms with Crippen LogP contribution in [0, 0.1) is 6.92 Å². The highest BCUT2D eigenvalue weighted by atomic mass is 16.5. The van der Waals surface area contributed by atoms with Crippen molar-refractivity contribution in [3.63, 3.8) is 0 Å². The lowest BCUT2D eigenvalue weighted by Gasteiger charge is -2.08. The van der Waals surface area contributed by atoms with E-state index in [0.717, 1.165) is 11.3 Å². The number of aryl methyl sites for hydroxylation is 1. The van der Waals surface area contributed by atoms with E-state index in [4.69, 9.17) is 10.5 Å². The van der Waals surface area contributed by atoms with Crippen molar-refractivity contribution in [2.45, 2.75) is 6.92 Å². The Bertz CT molecular complexity index is 592. The molecule has 4 heteroatoms. The Morgan fingerprint density at radius 3 is 2.47 bits per heavy atom. The summed E-state index contributed by atoms with van der Waals surface area (Å²) in [5, 5.41) is 2.82. The second-order valence-corrected chi connectivity index (χ2v) is 4.28. The molecule has 0 aliphatic carbocycles. The van der Waals surface area contributed by atoms with Gasteiger partial charge in [-0.15, -0.1) is 0 Å². The highest BCUT2D eigenvalue weighted by molar-refractivity contribution is 6.04. The number of methoxy groups -OCH3 is 1. The van der Waals surface area contributed by atoms with E-state index in [1.165, 1.54) is 7.11 Å². The summed E-state index contributed by atoms with van der Waals surface area (Å²) < 4.78 is 5.10. The predicted octanol–water partition coefficient (Wildman–Crippen LogP) is 2.84. The molecule has 0 fully saturated rings. The molecule has 0 spiro atoms. The minimum atomic E-state index is -0.192. The number of anilines is 2. The first kappa shape index (κ1) is 13.0. The maximum Gasteiger partial charge on any atom is 0.255 e. The number of ether oxygens (including phenoxy) is 1. The molecule has 0 atom stereocenters. The Labute approximate surface area is 112 Å². The SMILES string of the molecule is COc1cc(C(=O)Nc2ccc(C)cc2)ccc1N. The van der Waals surface area contributed by atoms with E-state index in [0.29, 0.717) is 17.0 Å². The van der Waals surface area contributed by atoms with Crippen molar-refractivity contribution < 1.29 is 9.53 Å². The van der Waals surface area contributed by atoms with E-state index in [2.05, 4.69) is 5.32 Å². The Kier molecular flexibility index (Phi) is 3.71. The summed E-state index contributed by atoms with van der Waals surface area (Å²) in [5.41, 5.74) is 8.63. The van der Waals surface area contributed by atoms with Gasteiger partial charge in [0.2, 0.25) is 0 Å². The second-order valence-electron chi connectivity index (χ2n) is 4.28. The molecule has 0 heterocycles. The molecule has 0 saturated heterocycles. The Morgan fingerprint density at radius 2 is 1.84 bits per heavy atom. The predicted molar refractivity (Wildman–Crippen MR) is 76.5 cm³/mol. The summed E-state index contributed by atoms with van der Waals surface area (Å²) >= 11 is 0. The van der Waals surface area contributed by atoms with E-state index < -0.39 is 0 Å². The molecule has 0 aliphatic heterocycles. The van der Waals surface area contributed by atoms with Gasteiger partial charge in [0.1, 0.15) is 5.75 Å². The monoisotopic (exact) mass is 256 g/mol. The molecule has 0 radical (unpaired) electrons. The van der Waals surface area contributed by atoms with Gasteiger partial charge in [0.05, 0.1) is 12.8 Å². The van der Waals surface area contributed by atoms with E-state index in [1.807, 2.05) is 31.2 Å². The fourth-order valence-electron chi connectivity index (χ4n) is 1.69. The minimum absolute atomic E-state index is 0.192. The van der Waals surface area contributed by atoms with Crippen LogP contribution in [0.4, 0.5) is 11.4 Å². The van der Waals surface area contributed by atoms with E-state index in [9.17, 15) is 4.79 Å². The largest absolute Gasteiger partial charge is 0.495 e. The summed E-state index contributed by atoms with van der Waals surface area (Å²) in [6.07, 6.45) is 0. The summed E-state index contributed by atoms with van der Waals surface area (Å²) in [7, 11) is 1.52. The van der Waals surface area contributed by atoms with Crippen molar-refractivity contribution in [3.05, 3.63) is 53.6 Å². The maximum absolute atomic E-state index is 12.1. The third-order valence-corrected chi connectivity index (χ3v) is 2.81. The number of carbonyl (C=O) groups is 1. The Balaban J connectivity index is 2.18. The second kappa shape index (κ2) is 5.44. The van der Waals surface area contributed by atoms with Crippen LogP contribution in [0.2, 0.25) is 0 Å². The lowest BCUT2D eigenvalue weighted by molar-refractivity contribution is 0.102. The lowest BCUT2D eigenvalue weighted by Crippen LogP contribution is -2.12. The van der Waals surface area contributed by atoms with Crippen molar-refractivity contribution in [2.75, 3.05) is 18.2 Å². The standard InChI is InChI=1S/C15H16N2O2/c1-10-3-6-12(7-4-10)17-15(18)11-5-8-13(16)14(9-11)19-2/h3-9H,16H2,1-2H3,(H,17,18). The summed E-state index contributed by atoms with van der Waals surface area (Å²) in [6.45, 7) is 2.00. The molecule has 0 unspecified atom stereocenters. The van der Waals surface area contributed by atoms with Crippen LogP contribution in [-0.2, 0) is 0 Å². The molecule has 2 aromatic carbocycles. The van der Waals surface area contributed by atoms with Crippen molar-refractivity contribution >= 4 is 17.3 Å². The smallest absolute Gasteiger partial charge is 0.255 e. The van der Waals surface area contributed by atoms with Crippen LogP contribution in [0.1, 0.15) is 15.9 Å². The van der Waals surface area contributed by atoms with Gasteiger partial charge in [0, 0.05) is 11.3 Å². The topological polar surface area (TPSA) is 64.3 Å². The molecule has 2 aromatic rings. The fourth-order valence-corrected chi connectivity index (χ4v) is 1.69. The number of nitrogen functional groups attached to an aromatic ring is 1. The van der Waals surface area contributed by atoms with Crippen molar-refractivity contribution in [1.82, 2.24) is 0 Å². The molecule has 2 rings (SSSR count). The molecule has 1 amide bonds. The number of hydrogen-bond donors (Lipinski definition) is 2. The van der Waals surface area contributed by atoms with Crippen LogP contribution in [0.5, 0.6) is 5.75 Å². The Morgan fingerprint density at radius 1 is 1.16 bits per heavy atom. The molecule has 0 aromatic heterocycles. The number of carbonyl (C=O) groups excluding carboxylic acids is 1. The molecule has 0 saturated carbocycles. The Hall–Kier alpha value is -2.49. The van der Waals surface area contributed by atoms with Crippen LogP contribution < -0.4 is 15.8 Å². The van der Waals surface area contributed by atoms with Gasteiger partial charge in [0.25, 0.3) is 5.91 Å². The van der Waals surface area contributed by atoms with Gasteiger partial charge >= 0.3 is 0 Å². The number of amides is 1. The van der Waals surface area contributed by atoms with E-state index in [1.54, 1.807) is 18.2 Å². The van der Waals surface area contributed by atoms with Gasteiger partial charge in [-0.25, -0.2) is 0 Å². The first-order chi connectivity index (χ1) is 9.10. The summed E-state index contributed by atoms with van der Waals surface area (Å²) in [6, 6.07) is 12.6. The van der Waals surface area contributed by atoms with Crippen LogP contribution in [-0.4, -0.2) is 13.0 Å². The molecule has 0 bridgehead atoms. The molecule has 3 N–H and O–H groups in total. The van der Waals surface area contributed by atoms with Crippen molar-refractivity contribution in [3.8, 4) is 5.75 Å². The van der Waals surface area contributed by atoms with Gasteiger partial charge in [-0.1, -0.05) is 17.7 Å². The van der Waals surface area contributed by atoms with Gasteiger partial charge in [-0.2, -0.15) is 0 Å². The van der Waals surface area contributed by atoms with Gasteiger partial charge in [0.15, 0.2) is 0 Å². The lowest BCUT2D eigenvalue weighted by atomic mass is 10.1. The highest BCUT2D eigenvalue weighted by Crippen LogP contribution is 2.22. The maximum atomic E-state index is 12.1. The van der Waals surface area contributed by atoms with Crippen LogP contribution in [0.3, 0.4) is 0 Å². The molecule has 98 valence electrons. The molecule has 19 heavy (non-hydrogen) atoms. The normalized spacial score (nSPS) is 10.0. The average molecular weight is 256 g/mol. The number of rotatable bonds is 3. The summed E-state index contributed by atoms with van der Waals surface area (Å²) in [4.78, 5) is 12.1. The number of benzene rings is 2. The van der Waals surface area contributed by atoms with Gasteiger partial charge in [-0.05, 0) is 37.3 Å². The van der Waals surface area contributed by atoms with E-state index in [-0.39, 0.29) is 5.91 Å². The first-order valence-corrected chi connectivity index (χ1v) is 5.91. The highest BCUT2D eigenvalue weighted by Gasteiger charge is 2.09. The molecular weight excluding hydrogens is 240 g/mol. The zero-order valence-corrected chi connectivity index (χ0v) is 10.9. The van der Waals surface area contributed by atoms with Crippen LogP contribution in [0.15, 0.2) is 42.5 Å². The van der Waals surface area contributed by atoms with Crippen LogP contribution in [0.25, 0.3) is 0 Å². The molecular formula is C15H16N2O2. The number of nitrogens with two attached hydrogens (primary N) is 1. The number of nitrogens with one attached hydrogen (secondary N) is 1. The molecule has 0 aliphatic rings. The summed E-state index contributed by atoms with van der Waals surface area (Å²) in [5.74, 6) is 0.304. The third kappa shape index (κ3) is 3.04. The fraction of sp³-hybridized carbons (Fsp3) is 0.133. The van der Waals surface area contributed by atoms with Gasteiger partial charge < -0.3 is 15.8 Å². The minimum Gasteiger partial charge on any atom is -0.495 e. The third-order valence-electron chi connectivity index (χ3n) is 2.81. The zero-order chi connectivity index (χ0) is 13.8. The van der Waals surface area contributed by atoms with Crippen molar-refractivity contribution in [2.24, 2.45) is 0 Å². The number of hydrogen-bond acceptors (Lipinski definition) is 3. The quantitative estimate of drug-likeness (QED) is 0.830. The van der Waals surface area contributed by atoms with Gasteiger partial charge in [-0.3, -0.25) is 4.79 Å².